The zero-order chi connectivity index (χ0) is 14.6. The van der Waals surface area contributed by atoms with E-state index in [1.807, 2.05) is 14.1 Å². The number of aromatic nitrogens is 1. The number of nitrogens with zero attached hydrogens (tertiary/aromatic N) is 2. The monoisotopic (exact) mass is 270 g/mol. The van der Waals surface area contributed by atoms with Crippen LogP contribution in [0, 0.1) is 10.1 Å². The standard InChI is InChI=1S/C11H18N4O4/c1-11(17,7-14(2)3)6-13-10(16)9-4-8(5-12-9)15(18)19/h4-5,12,17H,6-7H2,1-3H3,(H,13,16). The van der Waals surface area contributed by atoms with Crippen molar-refractivity contribution in [3.05, 3.63) is 28.1 Å². The molecule has 1 aromatic rings. The summed E-state index contributed by atoms with van der Waals surface area (Å²) in [5.41, 5.74) is -1.16. The summed E-state index contributed by atoms with van der Waals surface area (Å²) in [5, 5.41) is 23.0. The number of nitrogens with one attached hydrogen (secondary N) is 2. The molecule has 19 heavy (non-hydrogen) atoms. The van der Waals surface area contributed by atoms with Crippen molar-refractivity contribution in [1.82, 2.24) is 15.2 Å². The molecule has 1 atom stereocenters. The number of carbonyl (C=O) groups is 1. The highest BCUT2D eigenvalue weighted by Crippen LogP contribution is 2.12. The molecule has 1 amide bonds. The van der Waals surface area contributed by atoms with Crippen molar-refractivity contribution >= 4 is 11.6 Å². The molecule has 0 saturated heterocycles. The average molecular weight is 270 g/mol. The summed E-state index contributed by atoms with van der Waals surface area (Å²) >= 11 is 0. The first-order valence-electron chi connectivity index (χ1n) is 5.69. The third-order valence-electron chi connectivity index (χ3n) is 2.41. The number of carbonyl (C=O) groups excluding carboxylic acids is 1. The third-order valence-corrected chi connectivity index (χ3v) is 2.41. The van der Waals surface area contributed by atoms with E-state index in [9.17, 15) is 20.0 Å². The first-order valence-corrected chi connectivity index (χ1v) is 5.69. The fourth-order valence-electron chi connectivity index (χ4n) is 1.72. The Bertz CT molecular complexity index is 467. The molecular weight excluding hydrogens is 252 g/mol. The van der Waals surface area contributed by atoms with Gasteiger partial charge >= 0.3 is 0 Å². The molecule has 8 heteroatoms. The van der Waals surface area contributed by atoms with E-state index in [1.54, 1.807) is 11.8 Å². The van der Waals surface area contributed by atoms with E-state index >= 15 is 0 Å². The van der Waals surface area contributed by atoms with Gasteiger partial charge in [0, 0.05) is 19.2 Å². The lowest BCUT2D eigenvalue weighted by atomic mass is 10.1. The summed E-state index contributed by atoms with van der Waals surface area (Å²) < 4.78 is 0. The van der Waals surface area contributed by atoms with Crippen LogP contribution in [-0.4, -0.2) is 58.6 Å². The highest BCUT2D eigenvalue weighted by molar-refractivity contribution is 5.93. The number of aromatic amines is 1. The van der Waals surface area contributed by atoms with Crippen LogP contribution in [0.5, 0.6) is 0 Å². The van der Waals surface area contributed by atoms with Gasteiger partial charge in [0.1, 0.15) is 5.69 Å². The van der Waals surface area contributed by atoms with Crippen LogP contribution in [0.2, 0.25) is 0 Å². The molecule has 0 aliphatic rings. The molecule has 0 aliphatic carbocycles. The van der Waals surface area contributed by atoms with E-state index in [4.69, 9.17) is 0 Å². The van der Waals surface area contributed by atoms with Crippen LogP contribution < -0.4 is 5.32 Å². The zero-order valence-corrected chi connectivity index (χ0v) is 11.1. The second kappa shape index (κ2) is 5.81. The zero-order valence-electron chi connectivity index (χ0n) is 11.1. The summed E-state index contributed by atoms with van der Waals surface area (Å²) in [7, 11) is 3.62. The maximum atomic E-state index is 11.7. The van der Waals surface area contributed by atoms with E-state index in [1.165, 1.54) is 0 Å². The van der Waals surface area contributed by atoms with Crippen LogP contribution in [0.15, 0.2) is 12.3 Å². The molecule has 0 spiro atoms. The summed E-state index contributed by atoms with van der Waals surface area (Å²) in [6, 6.07) is 1.15. The molecular formula is C11H18N4O4. The van der Waals surface area contributed by atoms with E-state index < -0.39 is 16.4 Å². The molecule has 3 N–H and O–H groups in total. The Balaban J connectivity index is 2.57. The molecule has 1 heterocycles. The molecule has 1 rings (SSSR count). The molecule has 1 aromatic heterocycles. The normalized spacial score (nSPS) is 14.2. The minimum atomic E-state index is -1.07. The lowest BCUT2D eigenvalue weighted by molar-refractivity contribution is -0.384. The second-order valence-electron chi connectivity index (χ2n) is 4.95. The summed E-state index contributed by atoms with van der Waals surface area (Å²) in [6.07, 6.45) is 1.15. The van der Waals surface area contributed by atoms with Gasteiger partial charge in [-0.2, -0.15) is 0 Å². The number of aliphatic hydroxyl groups is 1. The van der Waals surface area contributed by atoms with Crippen LogP contribution in [0.1, 0.15) is 17.4 Å². The van der Waals surface area contributed by atoms with Crippen LogP contribution >= 0.6 is 0 Å². The summed E-state index contributed by atoms with van der Waals surface area (Å²) in [5.74, 6) is -0.493. The van der Waals surface area contributed by atoms with Crippen LogP contribution in [-0.2, 0) is 0 Å². The van der Waals surface area contributed by atoms with Crippen LogP contribution in [0.25, 0.3) is 0 Å². The number of rotatable bonds is 6. The SMILES string of the molecule is CN(C)CC(C)(O)CNC(=O)c1cc([N+](=O)[O-])c[nH]1. The van der Waals surface area contributed by atoms with E-state index in [0.29, 0.717) is 6.54 Å². The van der Waals surface area contributed by atoms with Crippen molar-refractivity contribution in [1.29, 1.82) is 0 Å². The third kappa shape index (κ3) is 4.68. The van der Waals surface area contributed by atoms with Gasteiger partial charge in [-0.1, -0.05) is 0 Å². The Labute approximate surface area is 110 Å². The topological polar surface area (TPSA) is 112 Å². The van der Waals surface area contributed by atoms with Crippen molar-refractivity contribution in [2.45, 2.75) is 12.5 Å². The van der Waals surface area contributed by atoms with Gasteiger partial charge in [-0.05, 0) is 21.0 Å². The Morgan fingerprint density at radius 3 is 2.74 bits per heavy atom. The van der Waals surface area contributed by atoms with Crippen molar-refractivity contribution in [3.63, 3.8) is 0 Å². The number of H-pyrrole nitrogens is 1. The number of nitro groups is 1. The molecule has 0 fully saturated rings. The van der Waals surface area contributed by atoms with Crippen LogP contribution in [0.3, 0.4) is 0 Å². The molecule has 0 aromatic carbocycles. The lowest BCUT2D eigenvalue weighted by Gasteiger charge is -2.26. The molecule has 0 aliphatic heterocycles. The molecule has 8 nitrogen and oxygen atoms in total. The van der Waals surface area contributed by atoms with Gasteiger partial charge in [0.15, 0.2) is 0 Å². The fraction of sp³-hybridized carbons (Fsp3) is 0.545. The maximum absolute atomic E-state index is 11.7. The number of amides is 1. The Morgan fingerprint density at radius 2 is 2.26 bits per heavy atom. The first kappa shape index (κ1) is 15.1. The second-order valence-corrected chi connectivity index (χ2v) is 4.95. The number of hydrogen-bond acceptors (Lipinski definition) is 5. The fourth-order valence-corrected chi connectivity index (χ4v) is 1.72. The molecule has 0 radical (unpaired) electrons. The van der Waals surface area contributed by atoms with Crippen molar-refractivity contribution in [2.24, 2.45) is 0 Å². The largest absolute Gasteiger partial charge is 0.387 e. The summed E-state index contributed by atoms with van der Waals surface area (Å²) in [6.45, 7) is 2.04. The van der Waals surface area contributed by atoms with Crippen molar-refractivity contribution in [2.75, 3.05) is 27.2 Å². The van der Waals surface area contributed by atoms with Gasteiger partial charge < -0.3 is 20.3 Å². The van der Waals surface area contributed by atoms with Gasteiger partial charge in [-0.3, -0.25) is 14.9 Å². The predicted octanol–water partition coefficient (Wildman–Crippen LogP) is -0.0347. The van der Waals surface area contributed by atoms with Gasteiger partial charge in [0.05, 0.1) is 16.7 Å². The van der Waals surface area contributed by atoms with Gasteiger partial charge in [0.2, 0.25) is 0 Å². The Kier molecular flexibility index (Phi) is 4.62. The van der Waals surface area contributed by atoms with Gasteiger partial charge in [-0.25, -0.2) is 0 Å². The predicted molar refractivity (Wildman–Crippen MR) is 69.0 cm³/mol. The number of hydrogen-bond donors (Lipinski definition) is 3. The van der Waals surface area contributed by atoms with Crippen molar-refractivity contribution < 1.29 is 14.8 Å². The van der Waals surface area contributed by atoms with Crippen LogP contribution in [0.4, 0.5) is 5.69 Å². The quantitative estimate of drug-likeness (QED) is 0.496. The molecule has 0 bridgehead atoms. The van der Waals surface area contributed by atoms with E-state index in [2.05, 4.69) is 10.3 Å². The van der Waals surface area contributed by atoms with Gasteiger partial charge in [-0.15, -0.1) is 0 Å². The molecule has 106 valence electrons. The average Bonchev–Trinajstić information content (AvgIpc) is 2.73. The van der Waals surface area contributed by atoms with Gasteiger partial charge in [0.25, 0.3) is 11.6 Å². The van der Waals surface area contributed by atoms with E-state index in [0.717, 1.165) is 12.3 Å². The smallest absolute Gasteiger partial charge is 0.287 e. The first-order chi connectivity index (χ1) is 8.71. The summed E-state index contributed by atoms with van der Waals surface area (Å²) in [4.78, 5) is 25.9. The minimum Gasteiger partial charge on any atom is -0.387 e. The van der Waals surface area contributed by atoms with E-state index in [-0.39, 0.29) is 17.9 Å². The Hall–Kier alpha value is -1.93. The minimum absolute atomic E-state index is 0.0524. The maximum Gasteiger partial charge on any atom is 0.287 e. The lowest BCUT2D eigenvalue weighted by Crippen LogP contribution is -2.47. The Morgan fingerprint density at radius 1 is 1.63 bits per heavy atom. The highest BCUT2D eigenvalue weighted by Gasteiger charge is 2.23. The molecule has 0 saturated carbocycles. The molecule has 1 unspecified atom stereocenters. The number of likely N-dealkylation sites (N-methyl/N-ethyl adjacent to an activating group) is 1. The highest BCUT2D eigenvalue weighted by atomic mass is 16.6. The van der Waals surface area contributed by atoms with Crippen molar-refractivity contribution in [3.8, 4) is 0 Å².